The van der Waals surface area contributed by atoms with E-state index in [1.165, 1.54) is 0 Å². The molecule has 0 unspecified atom stereocenters. The summed E-state index contributed by atoms with van der Waals surface area (Å²) in [5.74, 6) is -0.0602. The van der Waals surface area contributed by atoms with Gasteiger partial charge < -0.3 is 25.8 Å². The van der Waals surface area contributed by atoms with Crippen molar-refractivity contribution in [3.8, 4) is 0 Å². The van der Waals surface area contributed by atoms with Gasteiger partial charge in [0.15, 0.2) is 0 Å². The number of piperazine rings is 1. The van der Waals surface area contributed by atoms with Gasteiger partial charge in [0, 0.05) is 64.0 Å². The lowest BCUT2D eigenvalue weighted by Crippen LogP contribution is -2.50. The molecule has 34 heavy (non-hydrogen) atoms. The van der Waals surface area contributed by atoms with E-state index in [0.717, 1.165) is 58.7 Å². The molecule has 1 heterocycles. The number of rotatable bonds is 13. The van der Waals surface area contributed by atoms with Gasteiger partial charge in [0.1, 0.15) is 0 Å². The Morgan fingerprint density at radius 1 is 0.941 bits per heavy atom. The number of nitrogens with zero attached hydrogens (tertiary/aromatic N) is 2. The van der Waals surface area contributed by atoms with Crippen LogP contribution in [0.4, 0.5) is 5.69 Å². The first-order valence-electron chi connectivity index (χ1n) is 12.3. The van der Waals surface area contributed by atoms with Crippen molar-refractivity contribution >= 4 is 23.9 Å². The molecule has 1 aromatic carbocycles. The molecule has 0 saturated carbocycles. The summed E-state index contributed by atoms with van der Waals surface area (Å²) < 4.78 is 0. The molecule has 190 valence electrons. The van der Waals surface area contributed by atoms with E-state index in [1.54, 1.807) is 31.2 Å². The zero-order valence-electron chi connectivity index (χ0n) is 21.6. The van der Waals surface area contributed by atoms with Gasteiger partial charge in [0.2, 0.25) is 12.3 Å². The maximum absolute atomic E-state index is 12.6. The van der Waals surface area contributed by atoms with Gasteiger partial charge in [-0.1, -0.05) is 27.7 Å². The Balaban J connectivity index is 1.74. The van der Waals surface area contributed by atoms with E-state index in [0.29, 0.717) is 24.2 Å². The Morgan fingerprint density at radius 2 is 1.56 bits per heavy atom. The van der Waals surface area contributed by atoms with Gasteiger partial charge in [-0.15, -0.1) is 0 Å². The summed E-state index contributed by atoms with van der Waals surface area (Å²) in [6.07, 6.45) is 2.61. The number of nitrogens with one attached hydrogen (secondary N) is 3. The monoisotopic (exact) mass is 473 g/mol. The van der Waals surface area contributed by atoms with Crippen molar-refractivity contribution in [2.45, 2.75) is 47.5 Å². The molecular formula is C26H43N5O3. The Labute approximate surface area is 204 Å². The maximum Gasteiger partial charge on any atom is 0.251 e. The standard InChI is InChI=1S/C26H43N5O3/c1-21(33)27-11-6-12-30-13-15-31(16-14-30)19-26(4,5)17-25(2,3)18-28-24(34)22-7-9-23(10-8-22)29-20-32/h7-10,20H,6,11-19H2,1-5H3,(H,27,33)(H,28,34)(H,29,32). The molecule has 0 aromatic heterocycles. The molecule has 3 N–H and O–H groups in total. The predicted octanol–water partition coefficient (Wildman–Crippen LogP) is 2.57. The Bertz CT molecular complexity index is 799. The van der Waals surface area contributed by atoms with Crippen LogP contribution in [0.5, 0.6) is 0 Å². The lowest BCUT2D eigenvalue weighted by atomic mass is 9.74. The molecule has 0 radical (unpaired) electrons. The third-order valence-electron chi connectivity index (χ3n) is 6.20. The highest BCUT2D eigenvalue weighted by molar-refractivity contribution is 5.94. The van der Waals surface area contributed by atoms with Crippen LogP contribution in [0.3, 0.4) is 0 Å². The minimum Gasteiger partial charge on any atom is -0.356 e. The first kappa shape index (κ1) is 27.8. The normalized spacial score (nSPS) is 15.6. The minimum atomic E-state index is -0.0989. The van der Waals surface area contributed by atoms with Gasteiger partial charge in [-0.3, -0.25) is 14.4 Å². The lowest BCUT2D eigenvalue weighted by molar-refractivity contribution is -0.119. The predicted molar refractivity (Wildman–Crippen MR) is 137 cm³/mol. The van der Waals surface area contributed by atoms with Crippen molar-refractivity contribution < 1.29 is 14.4 Å². The summed E-state index contributed by atoms with van der Waals surface area (Å²) in [5, 5.41) is 8.52. The van der Waals surface area contributed by atoms with Crippen LogP contribution in [0.25, 0.3) is 0 Å². The minimum absolute atomic E-state index is 0.0380. The summed E-state index contributed by atoms with van der Waals surface area (Å²) >= 11 is 0. The molecule has 8 nitrogen and oxygen atoms in total. The van der Waals surface area contributed by atoms with E-state index in [9.17, 15) is 14.4 Å². The molecule has 2 rings (SSSR count). The molecule has 0 aliphatic carbocycles. The highest BCUT2D eigenvalue weighted by atomic mass is 16.2. The number of hydrogen-bond donors (Lipinski definition) is 3. The fourth-order valence-corrected chi connectivity index (χ4v) is 4.96. The van der Waals surface area contributed by atoms with Gasteiger partial charge in [-0.05, 0) is 54.5 Å². The van der Waals surface area contributed by atoms with Gasteiger partial charge in [0.05, 0.1) is 0 Å². The van der Waals surface area contributed by atoms with Crippen LogP contribution < -0.4 is 16.0 Å². The SMILES string of the molecule is CC(=O)NCCCN1CCN(CC(C)(C)CC(C)(C)CNC(=O)c2ccc(NC=O)cc2)CC1. The van der Waals surface area contributed by atoms with Crippen molar-refractivity contribution in [3.05, 3.63) is 29.8 Å². The third-order valence-corrected chi connectivity index (χ3v) is 6.20. The zero-order valence-corrected chi connectivity index (χ0v) is 21.6. The zero-order chi connectivity index (χ0) is 25.2. The molecule has 0 spiro atoms. The van der Waals surface area contributed by atoms with Crippen molar-refractivity contribution in [2.75, 3.05) is 57.7 Å². The van der Waals surface area contributed by atoms with Crippen LogP contribution in [0, 0.1) is 10.8 Å². The summed E-state index contributed by atoms with van der Waals surface area (Å²) in [6.45, 7) is 18.3. The highest BCUT2D eigenvalue weighted by Crippen LogP contribution is 2.34. The number of amides is 3. The van der Waals surface area contributed by atoms with Crippen LogP contribution in [0.1, 0.15) is 57.8 Å². The second-order valence-electron chi connectivity index (χ2n) is 11.0. The lowest BCUT2D eigenvalue weighted by Gasteiger charge is -2.41. The molecule has 1 aromatic rings. The van der Waals surface area contributed by atoms with Gasteiger partial charge in [0.25, 0.3) is 5.91 Å². The van der Waals surface area contributed by atoms with Gasteiger partial charge >= 0.3 is 0 Å². The maximum atomic E-state index is 12.6. The number of carbonyl (C=O) groups is 3. The molecule has 3 amide bonds. The molecule has 1 saturated heterocycles. The van der Waals surface area contributed by atoms with E-state index < -0.39 is 0 Å². The number of anilines is 1. The van der Waals surface area contributed by atoms with Crippen LogP contribution in [0.15, 0.2) is 24.3 Å². The molecular weight excluding hydrogens is 430 g/mol. The summed E-state index contributed by atoms with van der Waals surface area (Å²) in [4.78, 5) is 39.1. The van der Waals surface area contributed by atoms with Crippen molar-refractivity contribution in [3.63, 3.8) is 0 Å². The quantitative estimate of drug-likeness (QED) is 0.302. The Morgan fingerprint density at radius 3 is 2.15 bits per heavy atom. The first-order chi connectivity index (χ1) is 16.0. The van der Waals surface area contributed by atoms with Crippen LogP contribution in [-0.4, -0.2) is 80.4 Å². The van der Waals surface area contributed by atoms with Gasteiger partial charge in [-0.2, -0.15) is 0 Å². The van der Waals surface area contributed by atoms with E-state index in [-0.39, 0.29) is 22.6 Å². The van der Waals surface area contributed by atoms with E-state index in [2.05, 4.69) is 53.4 Å². The molecule has 1 fully saturated rings. The number of hydrogen-bond acceptors (Lipinski definition) is 5. The van der Waals surface area contributed by atoms with Crippen molar-refractivity contribution in [1.29, 1.82) is 0 Å². The Kier molecular flexibility index (Phi) is 10.5. The fraction of sp³-hybridized carbons (Fsp3) is 0.654. The largest absolute Gasteiger partial charge is 0.356 e. The summed E-state index contributed by atoms with van der Waals surface area (Å²) in [7, 11) is 0. The smallest absolute Gasteiger partial charge is 0.251 e. The molecule has 1 aliphatic heterocycles. The van der Waals surface area contributed by atoms with Crippen molar-refractivity contribution in [1.82, 2.24) is 20.4 Å². The molecule has 0 bridgehead atoms. The highest BCUT2D eigenvalue weighted by Gasteiger charge is 2.31. The van der Waals surface area contributed by atoms with Gasteiger partial charge in [-0.25, -0.2) is 0 Å². The van der Waals surface area contributed by atoms with Crippen LogP contribution in [-0.2, 0) is 9.59 Å². The Hall–Kier alpha value is -2.45. The third kappa shape index (κ3) is 10.2. The summed E-state index contributed by atoms with van der Waals surface area (Å²) in [6, 6.07) is 6.88. The average molecular weight is 474 g/mol. The van der Waals surface area contributed by atoms with E-state index in [1.807, 2.05) is 0 Å². The van der Waals surface area contributed by atoms with E-state index in [4.69, 9.17) is 0 Å². The molecule has 8 heteroatoms. The van der Waals surface area contributed by atoms with Crippen LogP contribution in [0.2, 0.25) is 0 Å². The topological polar surface area (TPSA) is 93.8 Å². The fourth-order valence-electron chi connectivity index (χ4n) is 4.96. The first-order valence-corrected chi connectivity index (χ1v) is 12.3. The second kappa shape index (κ2) is 12.9. The molecule has 0 atom stereocenters. The second-order valence-corrected chi connectivity index (χ2v) is 11.0. The van der Waals surface area contributed by atoms with Crippen molar-refractivity contribution in [2.24, 2.45) is 10.8 Å². The summed E-state index contributed by atoms with van der Waals surface area (Å²) in [5.41, 5.74) is 1.34. The molecule has 1 aliphatic rings. The number of carbonyl (C=O) groups excluding carboxylic acids is 3. The van der Waals surface area contributed by atoms with E-state index >= 15 is 0 Å². The number of benzene rings is 1. The average Bonchev–Trinajstić information content (AvgIpc) is 2.76. The van der Waals surface area contributed by atoms with Crippen LogP contribution >= 0.6 is 0 Å².